The lowest BCUT2D eigenvalue weighted by Crippen LogP contribution is -2.54. The SMILES string of the molecule is CSCCC(NC(=O)CNC(=O)C(N)CC(N)=O)C(=O)NC(Cc1ccc(O)cc1)C(=O)O. The van der Waals surface area contributed by atoms with Crippen LogP contribution in [0.1, 0.15) is 18.4 Å². The Bertz CT molecular complexity index is 850. The molecule has 0 heterocycles. The van der Waals surface area contributed by atoms with Crippen molar-refractivity contribution in [3.05, 3.63) is 29.8 Å². The Kier molecular flexibility index (Phi) is 11.7. The molecule has 0 aliphatic carbocycles. The first-order valence-electron chi connectivity index (χ1n) is 9.94. The van der Waals surface area contributed by atoms with E-state index in [0.29, 0.717) is 11.3 Å². The molecule has 1 aromatic carbocycles. The third-order valence-electron chi connectivity index (χ3n) is 4.43. The predicted octanol–water partition coefficient (Wildman–Crippen LogP) is -1.94. The number of hydrogen-bond acceptors (Lipinski definition) is 8. The number of carbonyl (C=O) groups is 5. The van der Waals surface area contributed by atoms with Crippen molar-refractivity contribution in [3.8, 4) is 5.75 Å². The monoisotopic (exact) mass is 483 g/mol. The predicted molar refractivity (Wildman–Crippen MR) is 121 cm³/mol. The molecule has 12 nitrogen and oxygen atoms in total. The molecule has 0 aromatic heterocycles. The van der Waals surface area contributed by atoms with Gasteiger partial charge in [-0.1, -0.05) is 12.1 Å². The van der Waals surface area contributed by atoms with E-state index in [9.17, 15) is 34.2 Å². The van der Waals surface area contributed by atoms with Crippen LogP contribution in [-0.2, 0) is 30.4 Å². The number of nitrogens with one attached hydrogen (secondary N) is 3. The largest absolute Gasteiger partial charge is 0.508 e. The highest BCUT2D eigenvalue weighted by atomic mass is 32.2. The molecule has 3 unspecified atom stereocenters. The summed E-state index contributed by atoms with van der Waals surface area (Å²) in [7, 11) is 0. The lowest BCUT2D eigenvalue weighted by Gasteiger charge is -2.22. The minimum atomic E-state index is -1.26. The molecule has 13 heteroatoms. The second kappa shape index (κ2) is 14.0. The number of carbonyl (C=O) groups excluding carboxylic acids is 4. The summed E-state index contributed by atoms with van der Waals surface area (Å²) in [5.74, 6) is -3.64. The number of phenols is 1. The van der Waals surface area contributed by atoms with E-state index in [0.717, 1.165) is 0 Å². The number of aromatic hydroxyl groups is 1. The maximum Gasteiger partial charge on any atom is 0.326 e. The smallest absolute Gasteiger partial charge is 0.326 e. The van der Waals surface area contributed by atoms with Crippen molar-refractivity contribution in [2.45, 2.75) is 37.4 Å². The molecule has 0 aliphatic rings. The first-order valence-corrected chi connectivity index (χ1v) is 11.3. The van der Waals surface area contributed by atoms with Crippen molar-refractivity contribution in [1.82, 2.24) is 16.0 Å². The number of phenolic OH excluding ortho intramolecular Hbond substituents is 1. The highest BCUT2D eigenvalue weighted by Crippen LogP contribution is 2.12. The number of hydrogen-bond donors (Lipinski definition) is 7. The Balaban J connectivity index is 2.73. The molecule has 0 fully saturated rings. The summed E-state index contributed by atoms with van der Waals surface area (Å²) in [6, 6.07) is 2.38. The maximum absolute atomic E-state index is 12.7. The summed E-state index contributed by atoms with van der Waals surface area (Å²) in [6.07, 6.45) is 1.61. The van der Waals surface area contributed by atoms with Crippen LogP contribution in [0.5, 0.6) is 5.75 Å². The molecule has 1 aromatic rings. The molecule has 1 rings (SSSR count). The number of nitrogens with two attached hydrogens (primary N) is 2. The Hall–Kier alpha value is -3.32. The number of thioether (sulfide) groups is 1. The molecule has 9 N–H and O–H groups in total. The van der Waals surface area contributed by atoms with Gasteiger partial charge in [-0.15, -0.1) is 0 Å². The van der Waals surface area contributed by atoms with Gasteiger partial charge in [-0.2, -0.15) is 11.8 Å². The molecule has 4 amide bonds. The summed E-state index contributed by atoms with van der Waals surface area (Å²) < 4.78 is 0. The topological polar surface area (TPSA) is 214 Å². The van der Waals surface area contributed by atoms with E-state index in [1.54, 1.807) is 0 Å². The summed E-state index contributed by atoms with van der Waals surface area (Å²) in [4.78, 5) is 59.2. The lowest BCUT2D eigenvalue weighted by molar-refractivity contribution is -0.142. The third kappa shape index (κ3) is 10.7. The van der Waals surface area contributed by atoms with Gasteiger partial charge in [0.2, 0.25) is 23.6 Å². The highest BCUT2D eigenvalue weighted by molar-refractivity contribution is 7.98. The highest BCUT2D eigenvalue weighted by Gasteiger charge is 2.27. The molecule has 182 valence electrons. The zero-order valence-corrected chi connectivity index (χ0v) is 18.9. The van der Waals surface area contributed by atoms with Gasteiger partial charge in [0.25, 0.3) is 0 Å². The van der Waals surface area contributed by atoms with Crippen LogP contribution in [0.3, 0.4) is 0 Å². The van der Waals surface area contributed by atoms with Crippen LogP contribution in [0, 0.1) is 0 Å². The van der Waals surface area contributed by atoms with Gasteiger partial charge in [0, 0.05) is 6.42 Å². The van der Waals surface area contributed by atoms with Crippen molar-refractivity contribution in [3.63, 3.8) is 0 Å². The van der Waals surface area contributed by atoms with Gasteiger partial charge in [0.1, 0.15) is 17.8 Å². The summed E-state index contributed by atoms with van der Waals surface area (Å²) in [5, 5.41) is 26.0. The third-order valence-corrected chi connectivity index (χ3v) is 5.08. The minimum Gasteiger partial charge on any atom is -0.508 e. The molecule has 0 bridgehead atoms. The van der Waals surface area contributed by atoms with E-state index < -0.39 is 54.3 Å². The molecule has 0 spiro atoms. The van der Waals surface area contributed by atoms with Crippen molar-refractivity contribution in [2.75, 3.05) is 18.6 Å². The number of primary amides is 1. The second-order valence-corrected chi connectivity index (χ2v) is 8.15. The Morgan fingerprint density at radius 3 is 2.21 bits per heavy atom. The Morgan fingerprint density at radius 2 is 1.67 bits per heavy atom. The summed E-state index contributed by atoms with van der Waals surface area (Å²) in [5.41, 5.74) is 11.0. The van der Waals surface area contributed by atoms with Crippen molar-refractivity contribution in [2.24, 2.45) is 11.5 Å². The molecule has 3 atom stereocenters. The van der Waals surface area contributed by atoms with Crippen LogP contribution in [0.15, 0.2) is 24.3 Å². The number of amides is 4. The average Bonchev–Trinajstić information content (AvgIpc) is 2.75. The van der Waals surface area contributed by atoms with Crippen LogP contribution in [0.2, 0.25) is 0 Å². The normalized spacial score (nSPS) is 13.3. The number of carboxylic acids is 1. The van der Waals surface area contributed by atoms with Gasteiger partial charge >= 0.3 is 5.97 Å². The van der Waals surface area contributed by atoms with Crippen molar-refractivity contribution < 1.29 is 34.2 Å². The van der Waals surface area contributed by atoms with Gasteiger partial charge in [-0.3, -0.25) is 19.2 Å². The number of aliphatic carboxylic acids is 1. The van der Waals surface area contributed by atoms with Gasteiger partial charge in [0.05, 0.1) is 19.0 Å². The van der Waals surface area contributed by atoms with Crippen LogP contribution in [0.4, 0.5) is 0 Å². The zero-order valence-electron chi connectivity index (χ0n) is 18.1. The van der Waals surface area contributed by atoms with E-state index in [-0.39, 0.29) is 25.0 Å². The second-order valence-electron chi connectivity index (χ2n) is 7.17. The van der Waals surface area contributed by atoms with E-state index >= 15 is 0 Å². The Morgan fingerprint density at radius 1 is 1.03 bits per heavy atom. The van der Waals surface area contributed by atoms with Crippen LogP contribution >= 0.6 is 11.8 Å². The van der Waals surface area contributed by atoms with Gasteiger partial charge in [-0.25, -0.2) is 4.79 Å². The molecular weight excluding hydrogens is 454 g/mol. The lowest BCUT2D eigenvalue weighted by atomic mass is 10.0. The van der Waals surface area contributed by atoms with Gasteiger partial charge in [-0.05, 0) is 36.1 Å². The maximum atomic E-state index is 12.7. The fraction of sp³-hybridized carbons (Fsp3) is 0.450. The van der Waals surface area contributed by atoms with E-state index in [1.165, 1.54) is 36.0 Å². The first-order chi connectivity index (χ1) is 15.5. The molecule has 0 saturated carbocycles. The summed E-state index contributed by atoms with van der Waals surface area (Å²) in [6.45, 7) is -0.496. The Labute approximate surface area is 194 Å². The number of benzene rings is 1. The molecule has 0 aliphatic heterocycles. The van der Waals surface area contributed by atoms with E-state index in [2.05, 4.69) is 16.0 Å². The van der Waals surface area contributed by atoms with Gasteiger partial charge in [0.15, 0.2) is 0 Å². The number of carboxylic acid groups (broad SMARTS) is 1. The standard InChI is InChI=1S/C20H29N5O7S/c1-33-7-6-14(24-17(28)10-23-18(29)13(21)9-16(22)27)19(30)25-15(20(31)32)8-11-2-4-12(26)5-3-11/h2-5,13-15,26H,6-10,21H2,1H3,(H2,22,27)(H,23,29)(H,24,28)(H,25,30)(H,31,32). The average molecular weight is 484 g/mol. The van der Waals surface area contributed by atoms with E-state index in [4.69, 9.17) is 11.5 Å². The van der Waals surface area contributed by atoms with Crippen LogP contribution in [0.25, 0.3) is 0 Å². The fourth-order valence-electron chi connectivity index (χ4n) is 2.70. The fourth-order valence-corrected chi connectivity index (χ4v) is 3.17. The van der Waals surface area contributed by atoms with Gasteiger partial charge < -0.3 is 37.6 Å². The quantitative estimate of drug-likeness (QED) is 0.156. The molecule has 33 heavy (non-hydrogen) atoms. The molecule has 0 saturated heterocycles. The van der Waals surface area contributed by atoms with Crippen LogP contribution < -0.4 is 27.4 Å². The number of rotatable bonds is 14. The van der Waals surface area contributed by atoms with Crippen molar-refractivity contribution >= 4 is 41.4 Å². The minimum absolute atomic E-state index is 0.0252. The zero-order chi connectivity index (χ0) is 25.0. The van der Waals surface area contributed by atoms with Crippen molar-refractivity contribution in [1.29, 1.82) is 0 Å². The first kappa shape index (κ1) is 27.7. The van der Waals surface area contributed by atoms with Crippen LogP contribution in [-0.4, -0.2) is 76.5 Å². The van der Waals surface area contributed by atoms with E-state index in [1.807, 2.05) is 6.26 Å². The molecule has 0 radical (unpaired) electrons. The summed E-state index contributed by atoms with van der Waals surface area (Å²) >= 11 is 1.43. The molecular formula is C20H29N5O7S.